The van der Waals surface area contributed by atoms with E-state index >= 15 is 0 Å². The van der Waals surface area contributed by atoms with Gasteiger partial charge in [-0.1, -0.05) is 0 Å². The van der Waals surface area contributed by atoms with Crippen molar-refractivity contribution in [2.75, 3.05) is 26.6 Å². The number of hydrogen-bond donors (Lipinski definition) is 0. The summed E-state index contributed by atoms with van der Waals surface area (Å²) in [4.78, 5) is 6.73. The molecule has 1 rings (SSSR count). The summed E-state index contributed by atoms with van der Waals surface area (Å²) in [6, 6.07) is 7.65. The topological polar surface area (TPSA) is 61.8 Å². The first-order chi connectivity index (χ1) is 11.0. The van der Waals surface area contributed by atoms with Crippen LogP contribution in [0, 0.1) is 5.92 Å². The fourth-order valence-corrected chi connectivity index (χ4v) is 6.49. The molecule has 1 atom stereocenters. The molecule has 0 aromatic heterocycles. The van der Waals surface area contributed by atoms with Crippen LogP contribution in [0.15, 0.2) is 34.4 Å². The van der Waals surface area contributed by atoms with E-state index in [1.807, 2.05) is 24.3 Å². The molecule has 24 heavy (non-hydrogen) atoms. The van der Waals surface area contributed by atoms with Gasteiger partial charge in [0.1, 0.15) is 0 Å². The monoisotopic (exact) mass is 464 g/mol. The summed E-state index contributed by atoms with van der Waals surface area (Å²) in [6.07, 6.45) is 1.06. The van der Waals surface area contributed by atoms with Crippen LogP contribution in [0.4, 0.5) is 0 Å². The van der Waals surface area contributed by atoms with E-state index in [0.29, 0.717) is 13.2 Å². The van der Waals surface area contributed by atoms with Crippen LogP contribution < -0.4 is 4.74 Å². The first-order valence-electron chi connectivity index (χ1n) is 7.77. The zero-order valence-electron chi connectivity index (χ0n) is 15.2. The Morgan fingerprint density at radius 1 is 1.17 bits per heavy atom. The van der Waals surface area contributed by atoms with Gasteiger partial charge < -0.3 is 0 Å². The molecule has 1 aromatic carbocycles. The summed E-state index contributed by atoms with van der Waals surface area (Å²) < 4.78 is 39.6. The van der Waals surface area contributed by atoms with Crippen LogP contribution in [0.5, 0.6) is 5.75 Å². The normalized spacial score (nSPS) is 13.5. The molecule has 0 N–H and O–H groups in total. The molecule has 0 unspecified atom stereocenters. The van der Waals surface area contributed by atoms with Crippen molar-refractivity contribution in [1.29, 1.82) is 0 Å². The molecule has 0 aliphatic rings. The Hall–Kier alpha value is -0.571. The molecule has 0 saturated carbocycles. The first-order valence-corrected chi connectivity index (χ1v) is 19.6. The summed E-state index contributed by atoms with van der Waals surface area (Å²) in [6.45, 7) is 5.14. The second-order valence-electron chi connectivity index (χ2n) is 6.82. The van der Waals surface area contributed by atoms with Gasteiger partial charge in [0.05, 0.1) is 0 Å². The van der Waals surface area contributed by atoms with E-state index in [9.17, 15) is 8.42 Å². The summed E-state index contributed by atoms with van der Waals surface area (Å²) in [5, 5.41) is 0. The second kappa shape index (κ2) is 9.22. The summed E-state index contributed by atoms with van der Waals surface area (Å²) in [5.41, 5.74) is 1.03. The minimum atomic E-state index is -3.47. The second-order valence-corrected chi connectivity index (χ2v) is 23.1. The van der Waals surface area contributed by atoms with Gasteiger partial charge >= 0.3 is 150 Å². The molecule has 0 aliphatic carbocycles. The third-order valence-corrected chi connectivity index (χ3v) is 10.9. The predicted octanol–water partition coefficient (Wildman–Crippen LogP) is 3.24. The van der Waals surface area contributed by atoms with E-state index in [-0.39, 0.29) is 12.5 Å². The average molecular weight is 463 g/mol. The van der Waals surface area contributed by atoms with Gasteiger partial charge in [-0.15, -0.1) is 0 Å². The minimum absolute atomic E-state index is 0.0917. The van der Waals surface area contributed by atoms with E-state index in [2.05, 4.69) is 21.4 Å². The molecule has 1 aromatic rings. The van der Waals surface area contributed by atoms with Crippen LogP contribution in [-0.4, -0.2) is 53.4 Å². The number of benzene rings is 1. The van der Waals surface area contributed by atoms with E-state index in [1.165, 1.54) is 0 Å². The van der Waals surface area contributed by atoms with Crippen LogP contribution in [-0.2, 0) is 25.6 Å². The van der Waals surface area contributed by atoms with Crippen LogP contribution in [0.1, 0.15) is 5.56 Å². The van der Waals surface area contributed by atoms with Crippen molar-refractivity contribution in [3.05, 3.63) is 40.0 Å². The molecule has 7 heteroatoms. The maximum absolute atomic E-state index is 11.3. The number of ether oxygens (including phenoxy) is 2. The van der Waals surface area contributed by atoms with Crippen LogP contribution in [0.25, 0.3) is 0 Å². The SMILES string of the molecule is C=[C]([C@@H](COCc1ccc(OC)cc1)COS(C)(=O)=O)[Sn]([CH3])([CH3])[CH3]. The molecule has 0 fully saturated rings. The van der Waals surface area contributed by atoms with Gasteiger partial charge in [0.25, 0.3) is 0 Å². The van der Waals surface area contributed by atoms with E-state index in [4.69, 9.17) is 13.7 Å². The standard InChI is InChI=1S/C14H19O5S.3CH3.Sn/c1-4-12(11-19-20(3,15)16)9-18-10-13-5-7-14(17-2)8-6-13;;;;/h5-8,12H,1,9-11H2,2-3H3;3*1H3;/t12-;;;;/m0..../s1. The number of methoxy groups -OCH3 is 1. The zero-order chi connectivity index (χ0) is 18.4. The molecular weight excluding hydrogens is 435 g/mol. The van der Waals surface area contributed by atoms with Crippen molar-refractivity contribution < 1.29 is 22.1 Å². The van der Waals surface area contributed by atoms with Crippen molar-refractivity contribution in [3.8, 4) is 5.75 Å². The van der Waals surface area contributed by atoms with Crippen molar-refractivity contribution in [1.82, 2.24) is 0 Å². The summed E-state index contributed by atoms with van der Waals surface area (Å²) in [7, 11) is -1.84. The molecule has 0 radical (unpaired) electrons. The Bertz CT molecular complexity index is 632. The van der Waals surface area contributed by atoms with Gasteiger partial charge in [-0.3, -0.25) is 0 Å². The van der Waals surface area contributed by atoms with Gasteiger partial charge in [-0.25, -0.2) is 0 Å². The van der Waals surface area contributed by atoms with Crippen LogP contribution in [0.2, 0.25) is 14.8 Å². The fraction of sp³-hybridized carbons (Fsp3) is 0.529. The Balaban J connectivity index is 2.64. The average Bonchev–Trinajstić information content (AvgIpc) is 2.48. The maximum atomic E-state index is 11.3. The van der Waals surface area contributed by atoms with E-state index < -0.39 is 28.5 Å². The number of rotatable bonds is 10. The van der Waals surface area contributed by atoms with Crippen LogP contribution in [0.3, 0.4) is 0 Å². The first kappa shape index (κ1) is 21.5. The van der Waals surface area contributed by atoms with E-state index in [0.717, 1.165) is 21.2 Å². The van der Waals surface area contributed by atoms with Crippen molar-refractivity contribution in [2.24, 2.45) is 5.92 Å². The molecule has 0 saturated heterocycles. The molecule has 0 amide bonds. The van der Waals surface area contributed by atoms with Gasteiger partial charge in [-0.2, -0.15) is 0 Å². The molecule has 5 nitrogen and oxygen atoms in total. The van der Waals surface area contributed by atoms with Crippen molar-refractivity contribution in [3.63, 3.8) is 0 Å². The molecule has 136 valence electrons. The van der Waals surface area contributed by atoms with Gasteiger partial charge in [-0.05, 0) is 0 Å². The Morgan fingerprint density at radius 2 is 1.75 bits per heavy atom. The van der Waals surface area contributed by atoms with Crippen LogP contribution >= 0.6 is 0 Å². The molecular formula is C17H28O5SSn. The van der Waals surface area contributed by atoms with Gasteiger partial charge in [0, 0.05) is 0 Å². The molecule has 0 spiro atoms. The molecule has 0 bridgehead atoms. The quantitative estimate of drug-likeness (QED) is 0.394. The van der Waals surface area contributed by atoms with Gasteiger partial charge in [0.15, 0.2) is 0 Å². The van der Waals surface area contributed by atoms with E-state index in [1.54, 1.807) is 7.11 Å². The summed E-state index contributed by atoms with van der Waals surface area (Å²) in [5.74, 6) is 0.696. The fourth-order valence-electron chi connectivity index (χ4n) is 2.11. The third kappa shape index (κ3) is 8.00. The Labute approximate surface area is 150 Å². The Morgan fingerprint density at radius 3 is 2.21 bits per heavy atom. The Kier molecular flexibility index (Phi) is 8.25. The molecule has 0 aliphatic heterocycles. The molecule has 0 heterocycles. The van der Waals surface area contributed by atoms with Gasteiger partial charge in [0.2, 0.25) is 0 Å². The third-order valence-electron chi connectivity index (χ3n) is 3.69. The van der Waals surface area contributed by atoms with Crippen molar-refractivity contribution >= 4 is 28.5 Å². The van der Waals surface area contributed by atoms with Crippen molar-refractivity contribution in [2.45, 2.75) is 21.4 Å². The zero-order valence-corrected chi connectivity index (χ0v) is 18.8. The predicted molar refractivity (Wildman–Crippen MR) is 99.4 cm³/mol. The summed E-state index contributed by atoms with van der Waals surface area (Å²) >= 11 is -2.38. The number of hydrogen-bond acceptors (Lipinski definition) is 5.